The summed E-state index contributed by atoms with van der Waals surface area (Å²) >= 11 is 0. The minimum Gasteiger partial charge on any atom is -0.299 e. The summed E-state index contributed by atoms with van der Waals surface area (Å²) in [6.45, 7) is 2.17. The van der Waals surface area contributed by atoms with Gasteiger partial charge in [-0.2, -0.15) is 0 Å². The number of benzene rings is 2. The minimum atomic E-state index is -3.16. The van der Waals surface area contributed by atoms with E-state index < -0.39 is 7.67 Å². The largest absolute Gasteiger partial charge is 0.391 e. The zero-order chi connectivity index (χ0) is 13.6. The molecule has 0 saturated heterocycles. The van der Waals surface area contributed by atoms with Crippen LogP contribution in [0.2, 0.25) is 0 Å². The molecule has 0 heterocycles. The van der Waals surface area contributed by atoms with E-state index >= 15 is 0 Å². The lowest BCUT2D eigenvalue weighted by Gasteiger charge is -2.21. The number of para-hydroxylation sites is 2. The third-order valence-corrected chi connectivity index (χ3v) is 4.14. The van der Waals surface area contributed by atoms with Gasteiger partial charge in [-0.05, 0) is 31.2 Å². The molecule has 0 aromatic heterocycles. The maximum Gasteiger partial charge on any atom is 0.391 e. The predicted octanol–water partition coefficient (Wildman–Crippen LogP) is 4.36. The highest BCUT2D eigenvalue weighted by molar-refractivity contribution is 7.62. The summed E-state index contributed by atoms with van der Waals surface area (Å²) in [5.74, 6) is 0. The molecule has 2 aromatic carbocycles. The van der Waals surface area contributed by atoms with Gasteiger partial charge < -0.3 is 0 Å². The molecule has 0 fully saturated rings. The third-order valence-electron chi connectivity index (χ3n) is 2.41. The Kier molecular flexibility index (Phi) is 4.61. The van der Waals surface area contributed by atoms with E-state index in [0.29, 0.717) is 6.61 Å². The number of hydrogen-bond acceptors (Lipinski definition) is 2. The van der Waals surface area contributed by atoms with Crippen LogP contribution in [0.3, 0.4) is 0 Å². The van der Waals surface area contributed by atoms with E-state index in [-0.39, 0.29) is 0 Å². The first-order valence-electron chi connectivity index (χ1n) is 6.13. The van der Waals surface area contributed by atoms with Crippen LogP contribution in [0.1, 0.15) is 6.92 Å². The summed E-state index contributed by atoms with van der Waals surface area (Å²) in [7, 11) is -3.16. The van der Waals surface area contributed by atoms with E-state index in [4.69, 9.17) is 4.52 Å². The quantitative estimate of drug-likeness (QED) is 0.770. The van der Waals surface area contributed by atoms with E-state index in [0.717, 1.165) is 11.4 Å². The van der Waals surface area contributed by atoms with Crippen LogP contribution in [-0.2, 0) is 9.09 Å². The lowest BCUT2D eigenvalue weighted by molar-refractivity contribution is 0.340. The fourth-order valence-electron chi connectivity index (χ4n) is 1.64. The molecular formula is C14H17N2O2P. The second-order valence-electron chi connectivity index (χ2n) is 3.92. The number of hydrogen-bond donors (Lipinski definition) is 2. The summed E-state index contributed by atoms with van der Waals surface area (Å²) in [6.07, 6.45) is 0. The summed E-state index contributed by atoms with van der Waals surface area (Å²) in [4.78, 5) is 0. The van der Waals surface area contributed by atoms with E-state index in [1.165, 1.54) is 0 Å². The molecule has 4 nitrogen and oxygen atoms in total. The molecule has 0 bridgehead atoms. The Bertz CT molecular complexity index is 500. The molecule has 0 aliphatic rings. The van der Waals surface area contributed by atoms with Crippen molar-refractivity contribution >= 4 is 19.0 Å². The molecule has 0 amide bonds. The number of anilines is 2. The first-order valence-corrected chi connectivity index (χ1v) is 7.75. The summed E-state index contributed by atoms with van der Waals surface area (Å²) in [6, 6.07) is 18.7. The standard InChI is InChI=1S/C14H17N2O2P/c1-2-18-19(17,15-13-9-5-3-6-10-13)16-14-11-7-4-8-12-14/h3-12H,2H2,1H3,(H2,15,16,17). The molecule has 0 aliphatic heterocycles. The zero-order valence-corrected chi connectivity index (χ0v) is 11.6. The number of rotatable bonds is 6. The van der Waals surface area contributed by atoms with Gasteiger partial charge >= 0.3 is 7.67 Å². The lowest BCUT2D eigenvalue weighted by atomic mass is 10.3. The fraction of sp³-hybridized carbons (Fsp3) is 0.143. The van der Waals surface area contributed by atoms with Crippen molar-refractivity contribution in [3.8, 4) is 0 Å². The van der Waals surface area contributed by atoms with Gasteiger partial charge in [0.05, 0.1) is 6.61 Å². The average molecular weight is 276 g/mol. The third kappa shape index (κ3) is 4.12. The predicted molar refractivity (Wildman–Crippen MR) is 79.4 cm³/mol. The summed E-state index contributed by atoms with van der Waals surface area (Å²) < 4.78 is 18.1. The normalized spacial score (nSPS) is 11.0. The van der Waals surface area contributed by atoms with Gasteiger partial charge in [0, 0.05) is 11.4 Å². The topological polar surface area (TPSA) is 50.4 Å². The molecule has 0 unspecified atom stereocenters. The average Bonchev–Trinajstić information content (AvgIpc) is 2.41. The van der Waals surface area contributed by atoms with Crippen molar-refractivity contribution in [1.82, 2.24) is 0 Å². The Balaban J connectivity index is 2.16. The zero-order valence-electron chi connectivity index (χ0n) is 10.7. The fourth-order valence-corrected chi connectivity index (χ4v) is 3.17. The van der Waals surface area contributed by atoms with Crippen LogP contribution in [0.25, 0.3) is 0 Å². The molecule has 0 aliphatic carbocycles. The van der Waals surface area contributed by atoms with Gasteiger partial charge in [0.2, 0.25) is 0 Å². The summed E-state index contributed by atoms with van der Waals surface area (Å²) in [5.41, 5.74) is 1.51. The molecule has 0 saturated carbocycles. The second-order valence-corrected chi connectivity index (χ2v) is 5.73. The van der Waals surface area contributed by atoms with E-state index in [1.54, 1.807) is 0 Å². The molecule has 5 heteroatoms. The highest BCUT2D eigenvalue weighted by Gasteiger charge is 2.22. The SMILES string of the molecule is CCOP(=O)(Nc1ccccc1)Nc1ccccc1. The smallest absolute Gasteiger partial charge is 0.299 e. The van der Waals surface area contributed by atoms with Crippen LogP contribution in [-0.4, -0.2) is 6.61 Å². The second kappa shape index (κ2) is 6.41. The van der Waals surface area contributed by atoms with E-state index in [2.05, 4.69) is 10.2 Å². The van der Waals surface area contributed by atoms with Gasteiger partial charge in [0.15, 0.2) is 0 Å². The lowest BCUT2D eigenvalue weighted by Crippen LogP contribution is -2.09. The van der Waals surface area contributed by atoms with E-state index in [1.807, 2.05) is 67.6 Å². The molecule has 2 rings (SSSR count). The summed E-state index contributed by atoms with van der Waals surface area (Å²) in [5, 5.41) is 5.85. The van der Waals surface area contributed by atoms with Gasteiger partial charge in [-0.3, -0.25) is 14.7 Å². The maximum atomic E-state index is 12.7. The first kappa shape index (κ1) is 13.7. The van der Waals surface area contributed by atoms with Crippen LogP contribution in [0, 0.1) is 0 Å². The van der Waals surface area contributed by atoms with Crippen LogP contribution in [0.5, 0.6) is 0 Å². The molecule has 0 radical (unpaired) electrons. The van der Waals surface area contributed by atoms with Gasteiger partial charge in [-0.25, -0.2) is 4.57 Å². The van der Waals surface area contributed by atoms with Crippen molar-refractivity contribution in [3.63, 3.8) is 0 Å². The van der Waals surface area contributed by atoms with Crippen LogP contribution in [0.15, 0.2) is 60.7 Å². The molecule has 0 spiro atoms. The Hall–Kier alpha value is -1.77. The Labute approximate surface area is 113 Å². The Morgan fingerprint density at radius 2 is 1.32 bits per heavy atom. The van der Waals surface area contributed by atoms with Crippen molar-refractivity contribution in [2.75, 3.05) is 16.8 Å². The molecule has 0 atom stereocenters. The van der Waals surface area contributed by atoms with Crippen LogP contribution in [0.4, 0.5) is 11.4 Å². The van der Waals surface area contributed by atoms with Gasteiger partial charge in [0.25, 0.3) is 0 Å². The Morgan fingerprint density at radius 3 is 1.68 bits per heavy atom. The molecular weight excluding hydrogens is 259 g/mol. The maximum absolute atomic E-state index is 12.7. The van der Waals surface area contributed by atoms with Gasteiger partial charge in [-0.15, -0.1) is 0 Å². The molecule has 2 aromatic rings. The van der Waals surface area contributed by atoms with Crippen molar-refractivity contribution in [2.24, 2.45) is 0 Å². The highest BCUT2D eigenvalue weighted by atomic mass is 31.2. The van der Waals surface area contributed by atoms with Crippen molar-refractivity contribution < 1.29 is 9.09 Å². The molecule has 100 valence electrons. The molecule has 2 N–H and O–H groups in total. The number of nitrogens with one attached hydrogen (secondary N) is 2. The first-order chi connectivity index (χ1) is 9.22. The highest BCUT2D eigenvalue weighted by Crippen LogP contribution is 2.46. The Morgan fingerprint density at radius 1 is 0.895 bits per heavy atom. The van der Waals surface area contributed by atoms with Crippen LogP contribution >= 0.6 is 7.67 Å². The minimum absolute atomic E-state index is 0.358. The molecule has 19 heavy (non-hydrogen) atoms. The van der Waals surface area contributed by atoms with Crippen LogP contribution < -0.4 is 10.2 Å². The van der Waals surface area contributed by atoms with Gasteiger partial charge in [0.1, 0.15) is 0 Å². The van der Waals surface area contributed by atoms with Gasteiger partial charge in [-0.1, -0.05) is 36.4 Å². The van der Waals surface area contributed by atoms with Crippen molar-refractivity contribution in [2.45, 2.75) is 6.92 Å². The van der Waals surface area contributed by atoms with Crippen molar-refractivity contribution in [1.29, 1.82) is 0 Å². The monoisotopic (exact) mass is 276 g/mol. The van der Waals surface area contributed by atoms with E-state index in [9.17, 15) is 4.57 Å². The van der Waals surface area contributed by atoms with Crippen molar-refractivity contribution in [3.05, 3.63) is 60.7 Å².